The van der Waals surface area contributed by atoms with Gasteiger partial charge in [-0.15, -0.1) is 22.7 Å². The lowest BCUT2D eigenvalue weighted by atomic mass is 10.1. The van der Waals surface area contributed by atoms with Gasteiger partial charge in [0.1, 0.15) is 33.9 Å². The van der Waals surface area contributed by atoms with Crippen LogP contribution >= 0.6 is 46.0 Å². The molecule has 0 aliphatic heterocycles. The Labute approximate surface area is 255 Å². The van der Waals surface area contributed by atoms with Crippen molar-refractivity contribution in [3.05, 3.63) is 104 Å². The zero-order valence-electron chi connectivity index (χ0n) is 21.4. The van der Waals surface area contributed by atoms with E-state index in [0.717, 1.165) is 31.8 Å². The first-order valence-corrected chi connectivity index (χ1v) is 15.2. The quantitative estimate of drug-likeness (QED) is 0.0626. The van der Waals surface area contributed by atoms with Gasteiger partial charge in [-0.1, -0.05) is 47.6 Å². The number of aromatic nitrogens is 6. The van der Waals surface area contributed by atoms with Gasteiger partial charge in [0.2, 0.25) is 5.15 Å². The summed E-state index contributed by atoms with van der Waals surface area (Å²) in [6.45, 7) is 0. The molecule has 0 radical (unpaired) electrons. The van der Waals surface area contributed by atoms with Crippen molar-refractivity contribution in [2.45, 2.75) is 17.0 Å². The molecule has 0 aliphatic rings. The van der Waals surface area contributed by atoms with E-state index in [1.807, 2.05) is 60.9 Å². The van der Waals surface area contributed by atoms with Crippen molar-refractivity contribution in [1.82, 2.24) is 29.9 Å². The Bertz CT molecular complexity index is 1930. The number of benzene rings is 2. The van der Waals surface area contributed by atoms with Crippen LogP contribution in [0.4, 0.5) is 5.69 Å². The molecule has 0 bridgehead atoms. The van der Waals surface area contributed by atoms with Crippen LogP contribution in [0.1, 0.15) is 33.2 Å². The highest BCUT2D eigenvalue weighted by Gasteiger charge is 2.31. The third-order valence-corrected chi connectivity index (χ3v) is 8.81. The van der Waals surface area contributed by atoms with Crippen LogP contribution in [0.15, 0.2) is 72.3 Å². The first kappa shape index (κ1) is 28.9. The smallest absolute Gasteiger partial charge is 0.258 e. The summed E-state index contributed by atoms with van der Waals surface area (Å²) in [6, 6.07) is 21.3. The number of nitro groups is 1. The minimum absolute atomic E-state index is 0.0495. The summed E-state index contributed by atoms with van der Waals surface area (Å²) in [5, 5.41) is 31.7. The predicted octanol–water partition coefficient (Wildman–Crippen LogP) is 6.77. The van der Waals surface area contributed by atoms with Crippen LogP contribution in [0.3, 0.4) is 0 Å². The average Bonchev–Trinajstić information content (AvgIpc) is 3.63. The molecule has 0 amide bonds. The van der Waals surface area contributed by atoms with Gasteiger partial charge in [0.05, 0.1) is 43.2 Å². The maximum atomic E-state index is 11.2. The SMILES string of the molecule is CSc1nccc(C(C#N)c2nc3ccccc3s2)n1.N#CC(c1nc2ccccc2s1)c1ncnc(Cl)c1[N+](=O)[O-]. The molecule has 0 saturated carbocycles. The number of rotatable bonds is 6. The fourth-order valence-corrected chi connectivity index (χ4v) is 6.49. The van der Waals surface area contributed by atoms with E-state index in [9.17, 15) is 20.6 Å². The van der Waals surface area contributed by atoms with Gasteiger partial charge < -0.3 is 0 Å². The van der Waals surface area contributed by atoms with Gasteiger partial charge in [0.15, 0.2) is 5.16 Å². The molecule has 0 spiro atoms. The van der Waals surface area contributed by atoms with Crippen LogP contribution in [-0.2, 0) is 0 Å². The summed E-state index contributed by atoms with van der Waals surface area (Å²) in [7, 11) is 0. The third kappa shape index (κ3) is 6.02. The first-order chi connectivity index (χ1) is 20.4. The third-order valence-electron chi connectivity index (χ3n) is 5.77. The van der Waals surface area contributed by atoms with Gasteiger partial charge in [-0.05, 0) is 36.6 Å². The number of halogens is 1. The van der Waals surface area contributed by atoms with E-state index in [4.69, 9.17) is 11.6 Å². The number of thioether (sulfide) groups is 1. The molecule has 0 N–H and O–H groups in total. The molecule has 2 atom stereocenters. The van der Waals surface area contributed by atoms with Crippen LogP contribution < -0.4 is 0 Å². The van der Waals surface area contributed by atoms with Gasteiger partial charge in [0, 0.05) is 6.20 Å². The number of para-hydroxylation sites is 2. The molecule has 206 valence electrons. The van der Waals surface area contributed by atoms with E-state index in [2.05, 4.69) is 36.0 Å². The Hall–Kier alpha value is -4.60. The van der Waals surface area contributed by atoms with Crippen molar-refractivity contribution < 1.29 is 4.92 Å². The summed E-state index contributed by atoms with van der Waals surface area (Å²) in [6.07, 6.45) is 4.70. The summed E-state index contributed by atoms with van der Waals surface area (Å²) in [5.41, 5.74) is 1.84. The zero-order chi connectivity index (χ0) is 29.6. The number of fused-ring (bicyclic) bond motifs is 2. The average molecular weight is 630 g/mol. The van der Waals surface area contributed by atoms with Crippen LogP contribution in [0.25, 0.3) is 20.4 Å². The molecular formula is C27H16ClN9O2S3. The van der Waals surface area contributed by atoms with E-state index in [1.54, 1.807) is 12.3 Å². The van der Waals surface area contributed by atoms with Crippen LogP contribution in [0, 0.1) is 32.8 Å². The van der Waals surface area contributed by atoms with Gasteiger partial charge in [0.25, 0.3) is 0 Å². The van der Waals surface area contributed by atoms with E-state index in [-0.39, 0.29) is 10.8 Å². The Morgan fingerprint density at radius 1 is 0.881 bits per heavy atom. The second-order valence-electron chi connectivity index (χ2n) is 8.29. The highest BCUT2D eigenvalue weighted by molar-refractivity contribution is 7.98. The van der Waals surface area contributed by atoms with Crippen molar-refractivity contribution in [3.8, 4) is 12.1 Å². The minimum Gasteiger partial charge on any atom is -0.258 e. The van der Waals surface area contributed by atoms with Gasteiger partial charge in [-0.25, -0.2) is 29.9 Å². The molecule has 11 nitrogen and oxygen atoms in total. The first-order valence-electron chi connectivity index (χ1n) is 11.9. The fraction of sp³-hybridized carbons (Fsp3) is 0.111. The standard InChI is InChI=1S/C14H10N4S2.C13H6ClN5O2S/c1-19-14-16-7-6-10(18-14)9(8-15)13-17-11-4-2-3-5-12(11)20-13;14-12-11(19(20)21)10(16-6-17-12)7(5-15)13-18-8-3-1-2-4-9(8)22-13/h2-7,9H,1H3;1-4,6-7H. The highest BCUT2D eigenvalue weighted by Crippen LogP contribution is 2.36. The van der Waals surface area contributed by atoms with Crippen molar-refractivity contribution in [2.75, 3.05) is 6.26 Å². The second-order valence-corrected chi connectivity index (χ2v) is 11.5. The summed E-state index contributed by atoms with van der Waals surface area (Å²) < 4.78 is 1.97. The normalized spacial score (nSPS) is 12.1. The fourth-order valence-electron chi connectivity index (χ4n) is 3.87. The van der Waals surface area contributed by atoms with Crippen molar-refractivity contribution in [2.24, 2.45) is 0 Å². The van der Waals surface area contributed by atoms with Crippen molar-refractivity contribution in [3.63, 3.8) is 0 Å². The molecule has 15 heteroatoms. The Kier molecular flexibility index (Phi) is 8.90. The molecule has 2 aromatic carbocycles. The molecular weight excluding hydrogens is 614 g/mol. The Balaban J connectivity index is 0.000000169. The number of thiazole rings is 2. The molecule has 6 rings (SSSR count). The highest BCUT2D eigenvalue weighted by atomic mass is 35.5. The lowest BCUT2D eigenvalue weighted by molar-refractivity contribution is -0.386. The summed E-state index contributed by atoms with van der Waals surface area (Å²) in [5.74, 6) is -1.42. The van der Waals surface area contributed by atoms with E-state index < -0.39 is 22.4 Å². The van der Waals surface area contributed by atoms with Crippen molar-refractivity contribution in [1.29, 1.82) is 10.5 Å². The van der Waals surface area contributed by atoms with E-state index >= 15 is 0 Å². The van der Waals surface area contributed by atoms with Gasteiger partial charge >= 0.3 is 5.69 Å². The second kappa shape index (κ2) is 12.9. The maximum absolute atomic E-state index is 11.2. The van der Waals surface area contributed by atoms with Crippen LogP contribution in [0.2, 0.25) is 5.15 Å². The number of nitrogens with zero attached hydrogens (tertiary/aromatic N) is 9. The number of hydrogen-bond acceptors (Lipinski definition) is 13. The van der Waals surface area contributed by atoms with Crippen LogP contribution in [-0.4, -0.2) is 41.1 Å². The Morgan fingerprint density at radius 2 is 1.48 bits per heavy atom. The maximum Gasteiger partial charge on any atom is 0.329 e. The molecule has 42 heavy (non-hydrogen) atoms. The topological polar surface area (TPSA) is 168 Å². The zero-order valence-corrected chi connectivity index (χ0v) is 24.7. The van der Waals surface area contributed by atoms with Crippen LogP contribution in [0.5, 0.6) is 0 Å². The summed E-state index contributed by atoms with van der Waals surface area (Å²) >= 11 is 10.1. The number of hydrogen-bond donors (Lipinski definition) is 0. The molecule has 0 fully saturated rings. The molecule has 4 heterocycles. The number of nitriles is 2. The van der Waals surface area contributed by atoms with E-state index in [0.29, 0.717) is 15.9 Å². The molecule has 0 aliphatic carbocycles. The minimum atomic E-state index is -0.974. The van der Waals surface area contributed by atoms with Gasteiger partial charge in [-0.3, -0.25) is 10.1 Å². The molecule has 0 saturated heterocycles. The lowest BCUT2D eigenvalue weighted by Gasteiger charge is -2.06. The molecule has 6 aromatic rings. The van der Waals surface area contributed by atoms with Gasteiger partial charge in [-0.2, -0.15) is 10.5 Å². The molecule has 4 aromatic heterocycles. The van der Waals surface area contributed by atoms with Crippen molar-refractivity contribution >= 4 is 72.2 Å². The summed E-state index contributed by atoms with van der Waals surface area (Å²) in [4.78, 5) is 35.4. The Morgan fingerprint density at radius 3 is 2.02 bits per heavy atom. The molecule has 2 unspecified atom stereocenters. The lowest BCUT2D eigenvalue weighted by Crippen LogP contribution is -2.07. The van der Waals surface area contributed by atoms with E-state index in [1.165, 1.54) is 34.4 Å². The predicted molar refractivity (Wildman–Crippen MR) is 162 cm³/mol. The monoisotopic (exact) mass is 629 g/mol. The largest absolute Gasteiger partial charge is 0.329 e.